The first kappa shape index (κ1) is 13.3. The van der Waals surface area contributed by atoms with Crippen LogP contribution in [0.3, 0.4) is 0 Å². The molecule has 2 saturated heterocycles. The second-order valence-corrected chi connectivity index (χ2v) is 5.25. The molecule has 2 unspecified atom stereocenters. The summed E-state index contributed by atoms with van der Waals surface area (Å²) in [4.78, 5) is 27.0. The van der Waals surface area contributed by atoms with Crippen LogP contribution >= 0.6 is 0 Å². The highest BCUT2D eigenvalue weighted by molar-refractivity contribution is 5.87. The minimum atomic E-state index is -0.778. The molecule has 2 rings (SSSR count). The second-order valence-electron chi connectivity index (χ2n) is 5.25. The average molecular weight is 254 g/mol. The maximum absolute atomic E-state index is 12.0. The highest BCUT2D eigenvalue weighted by Gasteiger charge is 2.33. The Kier molecular flexibility index (Phi) is 4.19. The summed E-state index contributed by atoms with van der Waals surface area (Å²) in [5, 5.41) is 0. The van der Waals surface area contributed by atoms with Crippen molar-refractivity contribution in [1.29, 1.82) is 0 Å². The fourth-order valence-corrected chi connectivity index (χ4v) is 2.89. The van der Waals surface area contributed by atoms with Gasteiger partial charge in [0.25, 0.3) is 0 Å². The van der Waals surface area contributed by atoms with Crippen LogP contribution in [0.1, 0.15) is 25.7 Å². The summed E-state index contributed by atoms with van der Waals surface area (Å²) in [5.41, 5.74) is 10.8. The lowest BCUT2D eigenvalue weighted by molar-refractivity contribution is -0.133. The number of primary amides is 1. The molecular formula is C12H22N4O2. The molecule has 0 radical (unpaired) electrons. The van der Waals surface area contributed by atoms with Gasteiger partial charge < -0.3 is 16.4 Å². The van der Waals surface area contributed by atoms with Crippen molar-refractivity contribution in [2.24, 2.45) is 11.5 Å². The normalized spacial score (nSPS) is 26.5. The number of hydrogen-bond donors (Lipinski definition) is 2. The van der Waals surface area contributed by atoms with Gasteiger partial charge in [-0.1, -0.05) is 0 Å². The smallest absolute Gasteiger partial charge is 0.240 e. The van der Waals surface area contributed by atoms with Crippen LogP contribution in [0, 0.1) is 0 Å². The predicted molar refractivity (Wildman–Crippen MR) is 67.6 cm³/mol. The lowest BCUT2D eigenvalue weighted by Crippen LogP contribution is -2.46. The molecular weight excluding hydrogens is 232 g/mol. The molecule has 0 bridgehead atoms. The summed E-state index contributed by atoms with van der Waals surface area (Å²) in [6.45, 7) is 3.76. The van der Waals surface area contributed by atoms with Gasteiger partial charge in [0.15, 0.2) is 0 Å². The predicted octanol–water partition coefficient (Wildman–Crippen LogP) is -1.11. The summed E-state index contributed by atoms with van der Waals surface area (Å²) in [6, 6.07) is -0.308. The minimum absolute atomic E-state index is 0.0658. The molecule has 6 nitrogen and oxygen atoms in total. The molecule has 2 aliphatic rings. The molecule has 0 spiro atoms. The molecule has 2 aliphatic heterocycles. The van der Waals surface area contributed by atoms with Crippen molar-refractivity contribution >= 4 is 11.8 Å². The number of nitrogens with zero attached hydrogens (tertiary/aromatic N) is 2. The maximum Gasteiger partial charge on any atom is 0.240 e. The summed E-state index contributed by atoms with van der Waals surface area (Å²) in [5.74, 6) is -0.665. The van der Waals surface area contributed by atoms with Crippen molar-refractivity contribution in [3.8, 4) is 0 Å². The number of nitrogens with two attached hydrogens (primary N) is 2. The number of rotatable bonds is 4. The summed E-state index contributed by atoms with van der Waals surface area (Å²) in [7, 11) is 0. The molecule has 0 aromatic carbocycles. The third kappa shape index (κ3) is 3.00. The summed E-state index contributed by atoms with van der Waals surface area (Å²) < 4.78 is 0. The van der Waals surface area contributed by atoms with Gasteiger partial charge in [0.2, 0.25) is 11.8 Å². The molecule has 2 fully saturated rings. The number of carbonyl (C=O) groups excluding carboxylic acids is 2. The molecule has 2 amide bonds. The first-order chi connectivity index (χ1) is 8.58. The van der Waals surface area contributed by atoms with E-state index in [1.54, 1.807) is 4.90 Å². The van der Waals surface area contributed by atoms with Gasteiger partial charge in [-0.3, -0.25) is 14.5 Å². The standard InChI is InChI=1S/C12H22N4O2/c13-10(7-11(14)17)12(18)16-6-3-9(8-16)15-4-1-2-5-15/h9-10H,1-8,13H2,(H2,14,17). The van der Waals surface area contributed by atoms with Crippen LogP contribution in [0.25, 0.3) is 0 Å². The van der Waals surface area contributed by atoms with Gasteiger partial charge in [-0.25, -0.2) is 0 Å². The Balaban J connectivity index is 1.84. The van der Waals surface area contributed by atoms with E-state index in [1.807, 2.05) is 0 Å². The largest absolute Gasteiger partial charge is 0.370 e. The first-order valence-corrected chi connectivity index (χ1v) is 6.64. The third-order valence-electron chi connectivity index (χ3n) is 3.87. The van der Waals surface area contributed by atoms with E-state index in [1.165, 1.54) is 12.8 Å². The molecule has 0 aromatic heterocycles. The van der Waals surface area contributed by atoms with Crippen LogP contribution < -0.4 is 11.5 Å². The number of carbonyl (C=O) groups is 2. The molecule has 18 heavy (non-hydrogen) atoms. The van der Waals surface area contributed by atoms with Crippen molar-refractivity contribution in [3.05, 3.63) is 0 Å². The zero-order chi connectivity index (χ0) is 13.1. The Labute approximate surface area is 107 Å². The van der Waals surface area contributed by atoms with E-state index >= 15 is 0 Å². The second kappa shape index (κ2) is 5.67. The van der Waals surface area contributed by atoms with Gasteiger partial charge >= 0.3 is 0 Å². The van der Waals surface area contributed by atoms with E-state index in [0.29, 0.717) is 6.04 Å². The molecule has 102 valence electrons. The fraction of sp³-hybridized carbons (Fsp3) is 0.833. The highest BCUT2D eigenvalue weighted by atomic mass is 16.2. The van der Waals surface area contributed by atoms with Gasteiger partial charge in [0, 0.05) is 19.1 Å². The van der Waals surface area contributed by atoms with Gasteiger partial charge in [-0.05, 0) is 32.4 Å². The van der Waals surface area contributed by atoms with Crippen molar-refractivity contribution in [2.45, 2.75) is 37.8 Å². The van der Waals surface area contributed by atoms with Crippen LogP contribution in [0.2, 0.25) is 0 Å². The first-order valence-electron chi connectivity index (χ1n) is 6.64. The molecule has 0 aromatic rings. The molecule has 4 N–H and O–H groups in total. The van der Waals surface area contributed by atoms with Gasteiger partial charge in [0.1, 0.15) is 0 Å². The minimum Gasteiger partial charge on any atom is -0.370 e. The third-order valence-corrected chi connectivity index (χ3v) is 3.87. The number of likely N-dealkylation sites (tertiary alicyclic amines) is 2. The van der Waals surface area contributed by atoms with Crippen molar-refractivity contribution in [2.75, 3.05) is 26.2 Å². The molecule has 2 atom stereocenters. The zero-order valence-corrected chi connectivity index (χ0v) is 10.7. The molecule has 0 saturated carbocycles. The van der Waals surface area contributed by atoms with Crippen molar-refractivity contribution in [3.63, 3.8) is 0 Å². The van der Waals surface area contributed by atoms with Crippen LogP contribution in [-0.2, 0) is 9.59 Å². The van der Waals surface area contributed by atoms with Crippen LogP contribution in [0.15, 0.2) is 0 Å². The van der Waals surface area contributed by atoms with Crippen molar-refractivity contribution in [1.82, 2.24) is 9.80 Å². The fourth-order valence-electron chi connectivity index (χ4n) is 2.89. The van der Waals surface area contributed by atoms with Gasteiger partial charge in [-0.15, -0.1) is 0 Å². The van der Waals surface area contributed by atoms with Gasteiger partial charge in [-0.2, -0.15) is 0 Å². The van der Waals surface area contributed by atoms with E-state index < -0.39 is 11.9 Å². The van der Waals surface area contributed by atoms with Crippen LogP contribution in [0.4, 0.5) is 0 Å². The summed E-state index contributed by atoms with van der Waals surface area (Å²) >= 11 is 0. The maximum atomic E-state index is 12.0. The van der Waals surface area contributed by atoms with Gasteiger partial charge in [0.05, 0.1) is 12.5 Å². The topological polar surface area (TPSA) is 92.7 Å². The van der Waals surface area contributed by atoms with E-state index in [4.69, 9.17) is 11.5 Å². The average Bonchev–Trinajstić information content (AvgIpc) is 2.97. The van der Waals surface area contributed by atoms with E-state index in [2.05, 4.69) is 4.90 Å². The monoisotopic (exact) mass is 254 g/mol. The Morgan fingerprint density at radius 3 is 2.50 bits per heavy atom. The molecule has 0 aliphatic carbocycles. The lowest BCUT2D eigenvalue weighted by Gasteiger charge is -2.24. The Morgan fingerprint density at radius 2 is 1.89 bits per heavy atom. The van der Waals surface area contributed by atoms with E-state index in [0.717, 1.165) is 32.6 Å². The van der Waals surface area contributed by atoms with Crippen molar-refractivity contribution < 1.29 is 9.59 Å². The van der Waals surface area contributed by atoms with E-state index in [9.17, 15) is 9.59 Å². The summed E-state index contributed by atoms with van der Waals surface area (Å²) in [6.07, 6.45) is 3.45. The quantitative estimate of drug-likeness (QED) is 0.665. The molecule has 6 heteroatoms. The Hall–Kier alpha value is -1.14. The Bertz CT molecular complexity index is 328. The molecule has 2 heterocycles. The lowest BCUT2D eigenvalue weighted by atomic mass is 10.2. The van der Waals surface area contributed by atoms with E-state index in [-0.39, 0.29) is 12.3 Å². The highest BCUT2D eigenvalue weighted by Crippen LogP contribution is 2.20. The number of hydrogen-bond acceptors (Lipinski definition) is 4. The zero-order valence-electron chi connectivity index (χ0n) is 10.7. The number of amides is 2. The van der Waals surface area contributed by atoms with Crippen LogP contribution in [-0.4, -0.2) is 59.9 Å². The Morgan fingerprint density at radius 1 is 1.22 bits per heavy atom. The SMILES string of the molecule is NC(=O)CC(N)C(=O)N1CCC(N2CCCC2)C1. The van der Waals surface area contributed by atoms with Crippen LogP contribution in [0.5, 0.6) is 0 Å².